The van der Waals surface area contributed by atoms with Crippen LogP contribution in [0.15, 0.2) is 0 Å². The molecule has 0 aromatic carbocycles. The molecule has 0 aliphatic carbocycles. The molecule has 0 saturated heterocycles. The highest BCUT2D eigenvalue weighted by molar-refractivity contribution is 4.81. The molecule has 0 radical (unpaired) electrons. The third-order valence-electron chi connectivity index (χ3n) is 2.71. The van der Waals surface area contributed by atoms with E-state index in [9.17, 15) is 5.11 Å². The number of aliphatic hydroxyl groups excluding tert-OH is 1. The van der Waals surface area contributed by atoms with Crippen LogP contribution in [0.3, 0.4) is 0 Å². The van der Waals surface area contributed by atoms with Crippen LogP contribution in [0.1, 0.15) is 26.7 Å². The van der Waals surface area contributed by atoms with Gasteiger partial charge in [-0.05, 0) is 19.5 Å². The van der Waals surface area contributed by atoms with Gasteiger partial charge in [0.05, 0.1) is 19.3 Å². The molecule has 0 fully saturated rings. The van der Waals surface area contributed by atoms with Crippen molar-refractivity contribution in [1.29, 1.82) is 0 Å². The summed E-state index contributed by atoms with van der Waals surface area (Å²) in [7, 11) is 1.64. The average molecular weight is 218 g/mol. The van der Waals surface area contributed by atoms with Crippen molar-refractivity contribution in [2.45, 2.75) is 38.8 Å². The standard InChI is InChI=1S/C11H26N2O2/c1-4-6-7-13(5-2)11(8-14)10(12)9-15-3/h10-11,14H,4-9,12H2,1-3H3. The van der Waals surface area contributed by atoms with Crippen LogP contribution in [-0.4, -0.2) is 55.5 Å². The Bertz CT molecular complexity index is 145. The van der Waals surface area contributed by atoms with Crippen LogP contribution in [0.5, 0.6) is 0 Å². The molecular formula is C11H26N2O2. The van der Waals surface area contributed by atoms with Crippen molar-refractivity contribution in [3.8, 4) is 0 Å². The molecule has 0 aliphatic rings. The quantitative estimate of drug-likeness (QED) is 0.590. The highest BCUT2D eigenvalue weighted by Gasteiger charge is 2.22. The number of hydrogen-bond donors (Lipinski definition) is 2. The van der Waals surface area contributed by atoms with Crippen molar-refractivity contribution >= 4 is 0 Å². The molecule has 0 rings (SSSR count). The SMILES string of the molecule is CCCCN(CC)C(CO)C(N)COC. The Morgan fingerprint density at radius 1 is 1.40 bits per heavy atom. The van der Waals surface area contributed by atoms with Crippen LogP contribution >= 0.6 is 0 Å². The Labute approximate surface area is 93.4 Å². The van der Waals surface area contributed by atoms with Gasteiger partial charge < -0.3 is 15.6 Å². The topological polar surface area (TPSA) is 58.7 Å². The van der Waals surface area contributed by atoms with Crippen molar-refractivity contribution in [2.24, 2.45) is 5.73 Å². The van der Waals surface area contributed by atoms with Crippen LogP contribution in [0.4, 0.5) is 0 Å². The maximum Gasteiger partial charge on any atom is 0.0629 e. The largest absolute Gasteiger partial charge is 0.395 e. The number of unbranched alkanes of at least 4 members (excludes halogenated alkanes) is 1. The van der Waals surface area contributed by atoms with Crippen LogP contribution in [-0.2, 0) is 4.74 Å². The number of aliphatic hydroxyl groups is 1. The van der Waals surface area contributed by atoms with Crippen molar-refractivity contribution < 1.29 is 9.84 Å². The van der Waals surface area contributed by atoms with Crippen LogP contribution in [0, 0.1) is 0 Å². The Kier molecular flexibility index (Phi) is 9.00. The molecule has 2 unspecified atom stereocenters. The molecule has 15 heavy (non-hydrogen) atoms. The van der Waals surface area contributed by atoms with E-state index < -0.39 is 0 Å². The Morgan fingerprint density at radius 3 is 2.47 bits per heavy atom. The third kappa shape index (κ3) is 5.47. The zero-order valence-electron chi connectivity index (χ0n) is 10.3. The van der Waals surface area contributed by atoms with Crippen LogP contribution in [0.2, 0.25) is 0 Å². The van der Waals surface area contributed by atoms with Crippen molar-refractivity contribution in [3.05, 3.63) is 0 Å². The van der Waals surface area contributed by atoms with Gasteiger partial charge in [-0.2, -0.15) is 0 Å². The van der Waals surface area contributed by atoms with Crippen molar-refractivity contribution in [2.75, 3.05) is 33.4 Å². The summed E-state index contributed by atoms with van der Waals surface area (Å²) in [5.74, 6) is 0. The van der Waals surface area contributed by atoms with E-state index >= 15 is 0 Å². The minimum absolute atomic E-state index is 0.0153. The molecule has 0 heterocycles. The monoisotopic (exact) mass is 218 g/mol. The van der Waals surface area contributed by atoms with E-state index in [4.69, 9.17) is 10.5 Å². The molecule has 4 heteroatoms. The van der Waals surface area contributed by atoms with Gasteiger partial charge in [-0.1, -0.05) is 20.3 Å². The number of nitrogens with two attached hydrogens (primary N) is 1. The fraction of sp³-hybridized carbons (Fsp3) is 1.00. The van der Waals surface area contributed by atoms with Gasteiger partial charge >= 0.3 is 0 Å². The molecule has 0 bridgehead atoms. The van der Waals surface area contributed by atoms with E-state index in [0.717, 1.165) is 25.9 Å². The second kappa shape index (κ2) is 9.09. The molecule has 0 saturated carbocycles. The van der Waals surface area contributed by atoms with E-state index in [0.29, 0.717) is 6.61 Å². The molecular weight excluding hydrogens is 192 g/mol. The normalized spacial score (nSPS) is 15.6. The molecule has 4 nitrogen and oxygen atoms in total. The molecule has 0 amide bonds. The third-order valence-corrected chi connectivity index (χ3v) is 2.71. The second-order valence-electron chi connectivity index (χ2n) is 3.85. The maximum absolute atomic E-state index is 9.35. The Balaban J connectivity index is 4.18. The van der Waals surface area contributed by atoms with E-state index in [1.54, 1.807) is 7.11 Å². The molecule has 2 atom stereocenters. The van der Waals surface area contributed by atoms with Gasteiger partial charge in [-0.25, -0.2) is 0 Å². The first kappa shape index (κ1) is 14.8. The summed E-state index contributed by atoms with van der Waals surface area (Å²) in [6, 6.07) is -0.0988. The first-order valence-corrected chi connectivity index (χ1v) is 5.80. The maximum atomic E-state index is 9.35. The highest BCUT2D eigenvalue weighted by Crippen LogP contribution is 2.05. The van der Waals surface area contributed by atoms with Crippen LogP contribution in [0.25, 0.3) is 0 Å². The van der Waals surface area contributed by atoms with E-state index in [1.807, 2.05) is 0 Å². The van der Waals surface area contributed by atoms with Gasteiger partial charge in [0.15, 0.2) is 0 Å². The average Bonchev–Trinajstić information content (AvgIpc) is 2.24. The minimum atomic E-state index is -0.114. The lowest BCUT2D eigenvalue weighted by molar-refractivity contribution is 0.0726. The Hall–Kier alpha value is -0.160. The number of hydrogen-bond acceptors (Lipinski definition) is 4. The van der Waals surface area contributed by atoms with Gasteiger partial charge in [-0.3, -0.25) is 4.90 Å². The second-order valence-corrected chi connectivity index (χ2v) is 3.85. The van der Waals surface area contributed by atoms with Gasteiger partial charge in [0.25, 0.3) is 0 Å². The van der Waals surface area contributed by atoms with Crippen molar-refractivity contribution in [3.63, 3.8) is 0 Å². The minimum Gasteiger partial charge on any atom is -0.395 e. The van der Waals surface area contributed by atoms with Crippen LogP contribution < -0.4 is 5.73 Å². The summed E-state index contributed by atoms with van der Waals surface area (Å²) in [6.45, 7) is 6.77. The smallest absolute Gasteiger partial charge is 0.0629 e. The number of rotatable bonds is 9. The lowest BCUT2D eigenvalue weighted by Crippen LogP contribution is -2.52. The molecule has 0 aromatic rings. The predicted molar refractivity (Wildman–Crippen MR) is 62.9 cm³/mol. The molecule has 0 spiro atoms. The Morgan fingerprint density at radius 2 is 2.07 bits per heavy atom. The fourth-order valence-electron chi connectivity index (χ4n) is 1.74. The first-order valence-electron chi connectivity index (χ1n) is 5.80. The predicted octanol–water partition coefficient (Wildman–Crippen LogP) is 0.443. The number of likely N-dealkylation sites (N-methyl/N-ethyl adjacent to an activating group) is 1. The van der Waals surface area contributed by atoms with E-state index in [-0.39, 0.29) is 18.7 Å². The summed E-state index contributed by atoms with van der Waals surface area (Å²) in [6.07, 6.45) is 2.30. The first-order chi connectivity index (χ1) is 7.21. The van der Waals surface area contributed by atoms with Gasteiger partial charge in [0.2, 0.25) is 0 Å². The van der Waals surface area contributed by atoms with Gasteiger partial charge in [-0.15, -0.1) is 0 Å². The van der Waals surface area contributed by atoms with Gasteiger partial charge in [0, 0.05) is 13.2 Å². The summed E-state index contributed by atoms with van der Waals surface area (Å²) in [5.41, 5.74) is 5.96. The fourth-order valence-corrected chi connectivity index (χ4v) is 1.74. The highest BCUT2D eigenvalue weighted by atomic mass is 16.5. The summed E-state index contributed by atoms with van der Waals surface area (Å²) in [5, 5.41) is 9.35. The number of methoxy groups -OCH3 is 1. The number of nitrogens with zero attached hydrogens (tertiary/aromatic N) is 1. The molecule has 0 aliphatic heterocycles. The van der Waals surface area contributed by atoms with E-state index in [2.05, 4.69) is 18.7 Å². The van der Waals surface area contributed by atoms with Gasteiger partial charge in [0.1, 0.15) is 0 Å². The lowest BCUT2D eigenvalue weighted by atomic mass is 10.1. The van der Waals surface area contributed by atoms with E-state index in [1.165, 1.54) is 0 Å². The molecule has 0 aromatic heterocycles. The molecule has 92 valence electrons. The zero-order valence-corrected chi connectivity index (χ0v) is 10.3. The summed E-state index contributed by atoms with van der Waals surface area (Å²) < 4.78 is 5.02. The number of ether oxygens (including phenoxy) is 1. The summed E-state index contributed by atoms with van der Waals surface area (Å²) >= 11 is 0. The zero-order chi connectivity index (χ0) is 11.7. The summed E-state index contributed by atoms with van der Waals surface area (Å²) in [4.78, 5) is 2.23. The lowest BCUT2D eigenvalue weighted by Gasteiger charge is -2.33. The molecule has 3 N–H and O–H groups in total. The van der Waals surface area contributed by atoms with Crippen molar-refractivity contribution in [1.82, 2.24) is 4.90 Å².